The maximum Gasteiger partial charge on any atom is 0.159 e. The van der Waals surface area contributed by atoms with Gasteiger partial charge in [0.05, 0.1) is 0 Å². The number of aromatic nitrogens is 3. The van der Waals surface area contributed by atoms with Crippen LogP contribution in [-0.2, 0) is 11.3 Å². The molecule has 8 atom stereocenters. The topological polar surface area (TPSA) is 47.8 Å². The Bertz CT molecular complexity index is 1130. The first-order valence-electron chi connectivity index (χ1n) is 13.4. The molecule has 4 aliphatic carbocycles. The summed E-state index contributed by atoms with van der Waals surface area (Å²) < 4.78 is 27.6. The van der Waals surface area contributed by atoms with Gasteiger partial charge in [-0.2, -0.15) is 9.90 Å². The number of carbonyl (C=O) groups is 1. The van der Waals surface area contributed by atoms with E-state index in [1.54, 1.807) is 0 Å². The summed E-state index contributed by atoms with van der Waals surface area (Å²) in [5, 5.41) is 8.36. The van der Waals surface area contributed by atoms with Crippen LogP contribution in [0.3, 0.4) is 0 Å². The van der Waals surface area contributed by atoms with Gasteiger partial charge < -0.3 is 0 Å². The summed E-state index contributed by atoms with van der Waals surface area (Å²) in [5.41, 5.74) is 0.704. The number of fused-ring (bicyclic) bond motifs is 6. The van der Waals surface area contributed by atoms with Gasteiger partial charge in [-0.25, -0.2) is 8.78 Å². The second-order valence-electron chi connectivity index (χ2n) is 12.7. The first-order valence-corrected chi connectivity index (χ1v) is 13.4. The molecule has 0 saturated heterocycles. The molecule has 184 valence electrons. The Labute approximate surface area is 200 Å². The van der Waals surface area contributed by atoms with Gasteiger partial charge in [-0.15, -0.1) is 5.10 Å². The summed E-state index contributed by atoms with van der Waals surface area (Å²) in [4.78, 5) is 14.8. The summed E-state index contributed by atoms with van der Waals surface area (Å²) in [7, 11) is 0. The molecule has 0 spiro atoms. The Morgan fingerprint density at radius 3 is 2.59 bits per heavy atom. The van der Waals surface area contributed by atoms with Crippen LogP contribution in [0.1, 0.15) is 78.6 Å². The minimum atomic E-state index is -0.735. The Hall–Kier alpha value is -1.85. The molecule has 4 saturated carbocycles. The maximum atomic E-state index is 14.1. The van der Waals surface area contributed by atoms with E-state index in [2.05, 4.69) is 31.0 Å². The van der Waals surface area contributed by atoms with Gasteiger partial charge in [-0.1, -0.05) is 27.2 Å². The van der Waals surface area contributed by atoms with Gasteiger partial charge in [0.15, 0.2) is 11.6 Å². The van der Waals surface area contributed by atoms with E-state index in [9.17, 15) is 13.6 Å². The smallest absolute Gasteiger partial charge is 0.159 e. The molecule has 0 amide bonds. The first kappa shape index (κ1) is 22.6. The Balaban J connectivity index is 1.21. The van der Waals surface area contributed by atoms with Crippen LogP contribution in [0.2, 0.25) is 0 Å². The first-order chi connectivity index (χ1) is 16.2. The summed E-state index contributed by atoms with van der Waals surface area (Å²) in [6, 6.07) is 1.98. The summed E-state index contributed by atoms with van der Waals surface area (Å²) >= 11 is 0. The highest BCUT2D eigenvalue weighted by atomic mass is 19.1. The van der Waals surface area contributed by atoms with Crippen molar-refractivity contribution in [2.24, 2.45) is 46.3 Å². The number of rotatable bonds is 3. The molecule has 34 heavy (non-hydrogen) atoms. The largest absolute Gasteiger partial charge is 0.297 e. The molecular weight excluding hydrogens is 432 g/mol. The zero-order valence-corrected chi connectivity index (χ0v) is 20.7. The third-order valence-electron chi connectivity index (χ3n) is 11.1. The summed E-state index contributed by atoms with van der Waals surface area (Å²) in [5.74, 6) is 2.66. The second kappa shape index (κ2) is 7.83. The van der Waals surface area contributed by atoms with Gasteiger partial charge in [0.2, 0.25) is 0 Å². The predicted molar refractivity (Wildman–Crippen MR) is 127 cm³/mol. The minimum absolute atomic E-state index is 0.00560. The molecule has 6 rings (SSSR count). The van der Waals surface area contributed by atoms with Crippen molar-refractivity contribution in [3.05, 3.63) is 23.8 Å². The highest BCUT2D eigenvalue weighted by Crippen LogP contribution is 2.67. The third kappa shape index (κ3) is 3.30. The van der Waals surface area contributed by atoms with Crippen molar-refractivity contribution in [3.8, 4) is 0 Å². The molecule has 4 fully saturated rings. The van der Waals surface area contributed by atoms with Crippen molar-refractivity contribution in [3.63, 3.8) is 0 Å². The molecule has 1 aromatic carbocycles. The van der Waals surface area contributed by atoms with E-state index < -0.39 is 11.6 Å². The lowest BCUT2D eigenvalue weighted by molar-refractivity contribution is -0.137. The fraction of sp³-hybridized carbons (Fsp3) is 0.750. The van der Waals surface area contributed by atoms with Gasteiger partial charge in [0.25, 0.3) is 0 Å². The van der Waals surface area contributed by atoms with Gasteiger partial charge >= 0.3 is 0 Å². The van der Waals surface area contributed by atoms with Gasteiger partial charge in [0, 0.05) is 18.1 Å². The van der Waals surface area contributed by atoms with Crippen LogP contribution >= 0.6 is 0 Å². The van der Waals surface area contributed by atoms with Crippen LogP contribution < -0.4 is 0 Å². The molecule has 0 N–H and O–H groups in total. The van der Waals surface area contributed by atoms with E-state index in [0.717, 1.165) is 49.0 Å². The zero-order chi connectivity index (χ0) is 23.8. The van der Waals surface area contributed by atoms with Crippen molar-refractivity contribution in [2.45, 2.75) is 85.1 Å². The van der Waals surface area contributed by atoms with Crippen molar-refractivity contribution in [1.82, 2.24) is 15.0 Å². The molecule has 4 aliphatic rings. The highest BCUT2D eigenvalue weighted by Gasteiger charge is 2.60. The van der Waals surface area contributed by atoms with Crippen LogP contribution in [0.4, 0.5) is 8.78 Å². The molecule has 2 aromatic rings. The fourth-order valence-electron chi connectivity index (χ4n) is 9.31. The van der Waals surface area contributed by atoms with Crippen LogP contribution in [0, 0.1) is 58.0 Å². The number of benzene rings is 1. The van der Waals surface area contributed by atoms with Crippen molar-refractivity contribution < 1.29 is 13.6 Å². The van der Waals surface area contributed by atoms with E-state index in [1.165, 1.54) is 49.4 Å². The lowest BCUT2D eigenvalue weighted by Gasteiger charge is -2.61. The average Bonchev–Trinajstić information content (AvgIpc) is 3.34. The predicted octanol–water partition coefficient (Wildman–Crippen LogP) is 6.57. The van der Waals surface area contributed by atoms with E-state index in [1.807, 2.05) is 0 Å². The Kier molecular flexibility index (Phi) is 5.20. The van der Waals surface area contributed by atoms with Gasteiger partial charge in [-0.05, 0) is 91.8 Å². The zero-order valence-electron chi connectivity index (χ0n) is 20.7. The molecule has 1 aromatic heterocycles. The number of hydrogen-bond acceptors (Lipinski definition) is 3. The molecule has 0 aliphatic heterocycles. The molecule has 4 nitrogen and oxygen atoms in total. The number of halogens is 2. The number of Topliss-reactive ketones (excluding diaryl/α,β-unsaturated/α-hetero) is 1. The summed E-state index contributed by atoms with van der Waals surface area (Å²) in [6.07, 6.45) is 11.3. The van der Waals surface area contributed by atoms with Crippen molar-refractivity contribution >= 4 is 16.8 Å². The maximum absolute atomic E-state index is 14.1. The lowest BCUT2D eigenvalue weighted by Crippen LogP contribution is -2.53. The normalized spacial score (nSPS) is 41.7. The fourth-order valence-corrected chi connectivity index (χ4v) is 9.31. The minimum Gasteiger partial charge on any atom is -0.297 e. The van der Waals surface area contributed by atoms with Crippen molar-refractivity contribution in [1.29, 1.82) is 0 Å². The molecular formula is C28H37F2N3O. The number of carbonyl (C=O) groups excluding carboxylic acids is 1. The summed E-state index contributed by atoms with van der Waals surface area (Å²) in [6.45, 7) is 7.42. The van der Waals surface area contributed by atoms with Gasteiger partial charge in [0.1, 0.15) is 23.4 Å². The SMILES string of the molecule is CC1CCC2(C)C(CCC3C2CCC2(C)C(C(=O)Cn4nc5cc(F)cc(F)c5n4)CCC32)C1. The van der Waals surface area contributed by atoms with E-state index in [0.29, 0.717) is 11.3 Å². The number of hydrogen-bond donors (Lipinski definition) is 0. The van der Waals surface area contributed by atoms with E-state index in [4.69, 9.17) is 0 Å². The molecule has 6 heteroatoms. The van der Waals surface area contributed by atoms with E-state index in [-0.39, 0.29) is 34.7 Å². The molecule has 1 heterocycles. The second-order valence-corrected chi connectivity index (χ2v) is 12.7. The van der Waals surface area contributed by atoms with E-state index >= 15 is 0 Å². The molecule has 0 radical (unpaired) electrons. The quantitative estimate of drug-likeness (QED) is 0.511. The standard InChI is InChI=1S/C28H37F2N3O/c1-16-8-10-27(2)17(12-16)4-5-19-20-6-7-22(28(20,3)11-9-21(19)27)25(34)15-33-31-24-14-18(29)13-23(30)26(24)32-33/h13-14,16-17,19-22H,4-12,15H2,1-3H3. The monoisotopic (exact) mass is 469 g/mol. The Morgan fingerprint density at radius 1 is 1.00 bits per heavy atom. The van der Waals surface area contributed by atoms with Crippen LogP contribution in [0.25, 0.3) is 11.0 Å². The molecule has 8 unspecified atom stereocenters. The number of nitrogens with zero attached hydrogens (tertiary/aromatic N) is 3. The molecule has 0 bridgehead atoms. The average molecular weight is 470 g/mol. The van der Waals surface area contributed by atoms with Crippen LogP contribution in [-0.4, -0.2) is 20.8 Å². The van der Waals surface area contributed by atoms with Crippen molar-refractivity contribution in [2.75, 3.05) is 0 Å². The third-order valence-corrected chi connectivity index (χ3v) is 11.1. The number of ketones is 1. The van der Waals surface area contributed by atoms with Crippen LogP contribution in [0.5, 0.6) is 0 Å². The lowest BCUT2D eigenvalue weighted by atomic mass is 9.44. The van der Waals surface area contributed by atoms with Gasteiger partial charge in [-0.3, -0.25) is 4.79 Å². The van der Waals surface area contributed by atoms with Crippen LogP contribution in [0.15, 0.2) is 12.1 Å². The Morgan fingerprint density at radius 2 is 1.76 bits per heavy atom. The highest BCUT2D eigenvalue weighted by molar-refractivity contribution is 5.82.